The van der Waals surface area contributed by atoms with Gasteiger partial charge < -0.3 is 15.4 Å². The topological polar surface area (TPSA) is 68.5 Å². The van der Waals surface area contributed by atoms with Gasteiger partial charge in [0.15, 0.2) is 0 Å². The minimum absolute atomic E-state index is 0.0518. The fourth-order valence-electron chi connectivity index (χ4n) is 2.09. The normalized spacial score (nSPS) is 11.8. The summed E-state index contributed by atoms with van der Waals surface area (Å²) in [5.41, 5.74) is 7.86. The van der Waals surface area contributed by atoms with E-state index in [1.807, 2.05) is 19.1 Å². The molecule has 1 heterocycles. The molecule has 0 aliphatic carbocycles. The van der Waals surface area contributed by atoms with Gasteiger partial charge in [-0.3, -0.25) is 9.78 Å². The lowest BCUT2D eigenvalue weighted by Gasteiger charge is -2.25. The Labute approximate surface area is 124 Å². The smallest absolute Gasteiger partial charge is 0.254 e. The number of nitrogen functional groups attached to an aromatic ring is 1. The molecule has 0 fully saturated rings. The number of amides is 1. The van der Waals surface area contributed by atoms with Gasteiger partial charge in [-0.15, -0.1) is 0 Å². The summed E-state index contributed by atoms with van der Waals surface area (Å²) in [4.78, 5) is 18.2. The van der Waals surface area contributed by atoms with E-state index >= 15 is 0 Å². The van der Waals surface area contributed by atoms with E-state index < -0.39 is 0 Å². The second-order valence-corrected chi connectivity index (χ2v) is 4.83. The zero-order valence-electron chi connectivity index (χ0n) is 12.4. The number of anilines is 1. The van der Waals surface area contributed by atoms with Gasteiger partial charge >= 0.3 is 0 Å². The highest BCUT2D eigenvalue weighted by atomic mass is 16.5. The van der Waals surface area contributed by atoms with Crippen LogP contribution in [-0.2, 0) is 0 Å². The zero-order chi connectivity index (χ0) is 15.4. The van der Waals surface area contributed by atoms with Crippen LogP contribution in [0.1, 0.15) is 28.9 Å². The van der Waals surface area contributed by atoms with Crippen molar-refractivity contribution in [2.24, 2.45) is 0 Å². The fraction of sp³-hybridized carbons (Fsp3) is 0.250. The lowest BCUT2D eigenvalue weighted by molar-refractivity contribution is 0.0742. The summed E-state index contributed by atoms with van der Waals surface area (Å²) < 4.78 is 5.16. The molecule has 0 radical (unpaired) electrons. The maximum Gasteiger partial charge on any atom is 0.254 e. The Kier molecular flexibility index (Phi) is 4.42. The van der Waals surface area contributed by atoms with Crippen molar-refractivity contribution in [2.75, 3.05) is 19.9 Å². The molecule has 0 saturated carbocycles. The van der Waals surface area contributed by atoms with E-state index in [0.29, 0.717) is 17.0 Å². The number of carbonyl (C=O) groups excluding carboxylic acids is 1. The zero-order valence-corrected chi connectivity index (χ0v) is 12.4. The molecule has 5 nitrogen and oxygen atoms in total. The molecule has 1 amide bonds. The van der Waals surface area contributed by atoms with Gasteiger partial charge in [-0.05, 0) is 42.8 Å². The molecule has 0 spiro atoms. The maximum absolute atomic E-state index is 12.6. The van der Waals surface area contributed by atoms with Gasteiger partial charge in [0.1, 0.15) is 5.75 Å². The molecule has 1 aromatic carbocycles. The van der Waals surface area contributed by atoms with Crippen LogP contribution in [-0.4, -0.2) is 29.9 Å². The summed E-state index contributed by atoms with van der Waals surface area (Å²) in [6.07, 6.45) is 3.44. The van der Waals surface area contributed by atoms with Crippen LogP contribution in [0.4, 0.5) is 5.69 Å². The predicted molar refractivity (Wildman–Crippen MR) is 82.2 cm³/mol. The average Bonchev–Trinajstić information content (AvgIpc) is 2.54. The summed E-state index contributed by atoms with van der Waals surface area (Å²) in [5.74, 6) is 0.420. The van der Waals surface area contributed by atoms with Crippen LogP contribution in [0.2, 0.25) is 0 Å². The fourth-order valence-corrected chi connectivity index (χ4v) is 2.09. The molecule has 110 valence electrons. The molecule has 2 rings (SSSR count). The number of aromatic nitrogens is 1. The Hall–Kier alpha value is -2.56. The molecule has 0 aliphatic heterocycles. The first kappa shape index (κ1) is 14.8. The van der Waals surface area contributed by atoms with E-state index in [4.69, 9.17) is 10.5 Å². The van der Waals surface area contributed by atoms with Crippen LogP contribution in [0.5, 0.6) is 5.75 Å². The Balaban J connectivity index is 2.23. The largest absolute Gasteiger partial charge is 0.495 e. The minimum Gasteiger partial charge on any atom is -0.495 e. The molecule has 5 heteroatoms. The van der Waals surface area contributed by atoms with Crippen molar-refractivity contribution < 1.29 is 9.53 Å². The van der Waals surface area contributed by atoms with E-state index in [2.05, 4.69) is 4.98 Å². The summed E-state index contributed by atoms with van der Waals surface area (Å²) in [6.45, 7) is 1.97. The molecule has 0 aliphatic rings. The van der Waals surface area contributed by atoms with Crippen LogP contribution in [0.15, 0.2) is 42.7 Å². The first-order chi connectivity index (χ1) is 10.0. The van der Waals surface area contributed by atoms with E-state index in [9.17, 15) is 4.79 Å². The van der Waals surface area contributed by atoms with Crippen molar-refractivity contribution >= 4 is 11.6 Å². The van der Waals surface area contributed by atoms with Crippen LogP contribution < -0.4 is 10.5 Å². The molecule has 2 N–H and O–H groups in total. The number of methoxy groups -OCH3 is 1. The highest BCUT2D eigenvalue weighted by Crippen LogP contribution is 2.25. The molecule has 0 saturated heterocycles. The number of rotatable bonds is 4. The second-order valence-electron chi connectivity index (χ2n) is 4.83. The third-order valence-corrected chi connectivity index (χ3v) is 3.57. The first-order valence-corrected chi connectivity index (χ1v) is 6.65. The highest BCUT2D eigenvalue weighted by molar-refractivity contribution is 5.95. The summed E-state index contributed by atoms with van der Waals surface area (Å²) in [5, 5.41) is 0. The van der Waals surface area contributed by atoms with Gasteiger partial charge in [0.05, 0.1) is 18.8 Å². The highest BCUT2D eigenvalue weighted by Gasteiger charge is 2.19. The van der Waals surface area contributed by atoms with E-state index in [0.717, 1.165) is 5.56 Å². The van der Waals surface area contributed by atoms with Crippen molar-refractivity contribution in [3.8, 4) is 5.75 Å². The van der Waals surface area contributed by atoms with Crippen LogP contribution >= 0.6 is 0 Å². The Bertz CT molecular complexity index is 629. The summed E-state index contributed by atoms with van der Waals surface area (Å²) in [7, 11) is 3.31. The molecule has 2 aromatic rings. The quantitative estimate of drug-likeness (QED) is 0.876. The third-order valence-electron chi connectivity index (χ3n) is 3.57. The predicted octanol–water partition coefficient (Wildman–Crippen LogP) is 2.51. The van der Waals surface area contributed by atoms with Gasteiger partial charge in [-0.1, -0.05) is 0 Å². The lowest BCUT2D eigenvalue weighted by atomic mass is 10.1. The summed E-state index contributed by atoms with van der Waals surface area (Å²) >= 11 is 0. The maximum atomic E-state index is 12.6. The number of nitrogens with two attached hydrogens (primary N) is 1. The SMILES string of the molecule is COc1cc(C(=O)N(C)C(C)c2ccncc2)ccc1N. The van der Waals surface area contributed by atoms with Crippen molar-refractivity contribution in [3.63, 3.8) is 0 Å². The van der Waals surface area contributed by atoms with Crippen molar-refractivity contribution in [2.45, 2.75) is 13.0 Å². The van der Waals surface area contributed by atoms with Gasteiger partial charge in [-0.25, -0.2) is 0 Å². The Morgan fingerprint density at radius 1 is 1.29 bits per heavy atom. The van der Waals surface area contributed by atoms with Crippen LogP contribution in [0, 0.1) is 0 Å². The molecule has 1 unspecified atom stereocenters. The van der Waals surface area contributed by atoms with E-state index in [-0.39, 0.29) is 11.9 Å². The van der Waals surface area contributed by atoms with Crippen molar-refractivity contribution in [3.05, 3.63) is 53.9 Å². The number of nitrogens with zero attached hydrogens (tertiary/aromatic N) is 2. The number of hydrogen-bond donors (Lipinski definition) is 1. The van der Waals surface area contributed by atoms with E-state index in [1.54, 1.807) is 42.5 Å². The molecule has 1 atom stereocenters. The number of pyridine rings is 1. The van der Waals surface area contributed by atoms with Crippen LogP contribution in [0.25, 0.3) is 0 Å². The number of hydrogen-bond acceptors (Lipinski definition) is 4. The van der Waals surface area contributed by atoms with Gasteiger partial charge in [0, 0.05) is 25.0 Å². The van der Waals surface area contributed by atoms with Crippen molar-refractivity contribution in [1.29, 1.82) is 0 Å². The number of carbonyl (C=O) groups is 1. The first-order valence-electron chi connectivity index (χ1n) is 6.65. The summed E-state index contributed by atoms with van der Waals surface area (Å²) in [6, 6.07) is 8.79. The van der Waals surface area contributed by atoms with Gasteiger partial charge in [0.2, 0.25) is 0 Å². The molecule has 21 heavy (non-hydrogen) atoms. The Morgan fingerprint density at radius 3 is 2.57 bits per heavy atom. The third kappa shape index (κ3) is 3.13. The molecular formula is C16H19N3O2. The van der Waals surface area contributed by atoms with Gasteiger partial charge in [-0.2, -0.15) is 0 Å². The van der Waals surface area contributed by atoms with Crippen LogP contribution in [0.3, 0.4) is 0 Å². The van der Waals surface area contributed by atoms with E-state index in [1.165, 1.54) is 7.11 Å². The average molecular weight is 285 g/mol. The lowest BCUT2D eigenvalue weighted by Crippen LogP contribution is -2.29. The minimum atomic E-state index is -0.0855. The molecular weight excluding hydrogens is 266 g/mol. The number of benzene rings is 1. The Morgan fingerprint density at radius 2 is 1.95 bits per heavy atom. The standard InChI is InChI=1S/C16H19N3O2/c1-11(12-6-8-18-9-7-12)19(2)16(20)13-4-5-14(17)15(10-13)21-3/h4-11H,17H2,1-3H3. The monoisotopic (exact) mass is 285 g/mol. The molecule has 1 aromatic heterocycles. The molecule has 0 bridgehead atoms. The number of ether oxygens (including phenoxy) is 1. The van der Waals surface area contributed by atoms with Gasteiger partial charge in [0.25, 0.3) is 5.91 Å². The second kappa shape index (κ2) is 6.26. The van der Waals surface area contributed by atoms with Crippen molar-refractivity contribution in [1.82, 2.24) is 9.88 Å².